The first-order chi connectivity index (χ1) is 10.7. The monoisotopic (exact) mass is 309 g/mol. The number of rotatable bonds is 1. The zero-order valence-electron chi connectivity index (χ0n) is 12.8. The molecule has 0 N–H and O–H groups in total. The van der Waals surface area contributed by atoms with E-state index in [4.69, 9.17) is 4.74 Å². The molecule has 0 atom stereocenters. The summed E-state index contributed by atoms with van der Waals surface area (Å²) in [5.41, 5.74) is 0. The van der Waals surface area contributed by atoms with E-state index in [2.05, 4.69) is 0 Å². The number of morpholine rings is 1. The van der Waals surface area contributed by atoms with Gasteiger partial charge in [-0.1, -0.05) is 6.42 Å². The molecule has 0 aromatic rings. The lowest BCUT2D eigenvalue weighted by atomic mass is 9.84. The van der Waals surface area contributed by atoms with Crippen molar-refractivity contribution in [3.8, 4) is 0 Å². The average Bonchev–Trinajstić information content (AvgIpc) is 2.53. The molecule has 22 heavy (non-hydrogen) atoms. The highest BCUT2D eigenvalue weighted by atomic mass is 16.5. The molecule has 1 aliphatic carbocycles. The number of piperazine rings is 1. The van der Waals surface area contributed by atoms with E-state index in [9.17, 15) is 14.4 Å². The van der Waals surface area contributed by atoms with Gasteiger partial charge in [0.15, 0.2) is 0 Å². The van der Waals surface area contributed by atoms with Crippen LogP contribution in [0.5, 0.6) is 0 Å². The lowest BCUT2D eigenvalue weighted by Crippen LogP contribution is -2.56. The van der Waals surface area contributed by atoms with E-state index in [1.165, 1.54) is 0 Å². The van der Waals surface area contributed by atoms with Crippen LogP contribution in [0.15, 0.2) is 0 Å². The van der Waals surface area contributed by atoms with Crippen LogP contribution >= 0.6 is 0 Å². The molecule has 0 unspecified atom stereocenters. The average molecular weight is 309 g/mol. The molecule has 122 valence electrons. The van der Waals surface area contributed by atoms with Crippen LogP contribution < -0.4 is 0 Å². The molecule has 3 rings (SSSR count). The second-order valence-electron chi connectivity index (χ2n) is 6.15. The molecule has 7 nitrogen and oxygen atoms in total. The summed E-state index contributed by atoms with van der Waals surface area (Å²) in [7, 11) is 0. The summed E-state index contributed by atoms with van der Waals surface area (Å²) in [6.45, 7) is 3.91. The number of ether oxygens (including phenoxy) is 1. The van der Waals surface area contributed by atoms with Crippen LogP contribution in [0.4, 0.5) is 0 Å². The number of amides is 3. The normalized spacial score (nSPS) is 23.2. The molecule has 3 aliphatic rings. The fourth-order valence-electron chi connectivity index (χ4n) is 3.08. The number of carbonyl (C=O) groups excluding carboxylic acids is 3. The zero-order valence-corrected chi connectivity index (χ0v) is 12.8. The van der Waals surface area contributed by atoms with Crippen molar-refractivity contribution in [3.63, 3.8) is 0 Å². The van der Waals surface area contributed by atoms with Crippen molar-refractivity contribution >= 4 is 17.7 Å². The van der Waals surface area contributed by atoms with Crippen LogP contribution in [-0.4, -0.2) is 84.9 Å². The van der Waals surface area contributed by atoms with Gasteiger partial charge in [-0.25, -0.2) is 0 Å². The Morgan fingerprint density at radius 3 is 1.73 bits per heavy atom. The Bertz CT molecular complexity index is 450. The molecule has 0 aromatic carbocycles. The molecule has 1 saturated carbocycles. The predicted molar refractivity (Wildman–Crippen MR) is 77.9 cm³/mol. The summed E-state index contributed by atoms with van der Waals surface area (Å²) in [5, 5.41) is 0. The third-order valence-electron chi connectivity index (χ3n) is 4.81. The minimum absolute atomic E-state index is 0.192. The van der Waals surface area contributed by atoms with Crippen LogP contribution in [0.2, 0.25) is 0 Å². The second-order valence-corrected chi connectivity index (χ2v) is 6.15. The Kier molecular flexibility index (Phi) is 4.61. The van der Waals surface area contributed by atoms with Gasteiger partial charge in [-0.15, -0.1) is 0 Å². The maximum absolute atomic E-state index is 12.3. The topological polar surface area (TPSA) is 70.2 Å². The first-order valence-electron chi connectivity index (χ1n) is 8.11. The van der Waals surface area contributed by atoms with Crippen molar-refractivity contribution < 1.29 is 19.1 Å². The molecule has 2 heterocycles. The van der Waals surface area contributed by atoms with Crippen molar-refractivity contribution in [2.45, 2.75) is 19.3 Å². The molecule has 2 aliphatic heterocycles. The van der Waals surface area contributed by atoms with E-state index in [1.54, 1.807) is 9.80 Å². The Morgan fingerprint density at radius 2 is 1.23 bits per heavy atom. The van der Waals surface area contributed by atoms with Gasteiger partial charge in [-0.05, 0) is 12.8 Å². The maximum atomic E-state index is 12.3. The molecule has 2 saturated heterocycles. The number of carbonyl (C=O) groups is 3. The van der Waals surface area contributed by atoms with Gasteiger partial charge in [0.25, 0.3) is 0 Å². The van der Waals surface area contributed by atoms with Gasteiger partial charge in [0.2, 0.25) is 5.91 Å². The highest BCUT2D eigenvalue weighted by molar-refractivity contribution is 6.34. The highest BCUT2D eigenvalue weighted by Crippen LogP contribution is 2.28. The standard InChI is InChI=1S/C15H23N3O4/c19-13(12-2-1-3-12)16-4-6-17(7-5-16)14(20)15(21)18-8-10-22-11-9-18/h12H,1-11H2. The Morgan fingerprint density at radius 1 is 0.727 bits per heavy atom. The van der Waals surface area contributed by atoms with E-state index in [-0.39, 0.29) is 11.8 Å². The molecule has 3 fully saturated rings. The molecule has 0 bridgehead atoms. The van der Waals surface area contributed by atoms with Gasteiger partial charge in [0.1, 0.15) is 0 Å². The smallest absolute Gasteiger partial charge is 0.312 e. The van der Waals surface area contributed by atoms with Gasteiger partial charge in [-0.2, -0.15) is 0 Å². The molecule has 0 spiro atoms. The van der Waals surface area contributed by atoms with E-state index >= 15 is 0 Å². The van der Waals surface area contributed by atoms with E-state index in [0.717, 1.165) is 19.3 Å². The summed E-state index contributed by atoms with van der Waals surface area (Å²) >= 11 is 0. The van der Waals surface area contributed by atoms with Crippen LogP contribution in [0.1, 0.15) is 19.3 Å². The summed E-state index contributed by atoms with van der Waals surface area (Å²) in [5.74, 6) is -0.477. The van der Waals surface area contributed by atoms with E-state index in [1.807, 2.05) is 4.90 Å². The Labute approximate surface area is 130 Å². The van der Waals surface area contributed by atoms with Gasteiger partial charge in [0.05, 0.1) is 13.2 Å². The minimum Gasteiger partial charge on any atom is -0.378 e. The van der Waals surface area contributed by atoms with Gasteiger partial charge in [0, 0.05) is 45.2 Å². The van der Waals surface area contributed by atoms with Crippen molar-refractivity contribution in [2.24, 2.45) is 5.92 Å². The molecule has 7 heteroatoms. The van der Waals surface area contributed by atoms with Crippen molar-refractivity contribution in [3.05, 3.63) is 0 Å². The van der Waals surface area contributed by atoms with Crippen LogP contribution in [0, 0.1) is 5.92 Å². The second kappa shape index (κ2) is 6.64. The van der Waals surface area contributed by atoms with Crippen molar-refractivity contribution in [2.75, 3.05) is 52.5 Å². The highest BCUT2D eigenvalue weighted by Gasteiger charge is 2.34. The van der Waals surface area contributed by atoms with E-state index in [0.29, 0.717) is 52.5 Å². The van der Waals surface area contributed by atoms with Crippen molar-refractivity contribution in [1.82, 2.24) is 14.7 Å². The molecular weight excluding hydrogens is 286 g/mol. The minimum atomic E-state index is -0.447. The lowest BCUT2D eigenvalue weighted by molar-refractivity contribution is -0.156. The predicted octanol–water partition coefficient (Wildman–Crippen LogP) is -0.684. The Balaban J connectivity index is 1.48. The quantitative estimate of drug-likeness (QED) is 0.602. The third-order valence-corrected chi connectivity index (χ3v) is 4.81. The fraction of sp³-hybridized carbons (Fsp3) is 0.800. The number of hydrogen-bond acceptors (Lipinski definition) is 4. The third kappa shape index (κ3) is 3.09. The van der Waals surface area contributed by atoms with Crippen LogP contribution in [0.3, 0.4) is 0 Å². The first kappa shape index (κ1) is 15.3. The zero-order chi connectivity index (χ0) is 15.5. The Hall–Kier alpha value is -1.63. The molecular formula is C15H23N3O4. The first-order valence-corrected chi connectivity index (χ1v) is 8.11. The van der Waals surface area contributed by atoms with Gasteiger partial charge < -0.3 is 19.4 Å². The van der Waals surface area contributed by atoms with Gasteiger partial charge >= 0.3 is 11.8 Å². The maximum Gasteiger partial charge on any atom is 0.312 e. The summed E-state index contributed by atoms with van der Waals surface area (Å²) in [6, 6.07) is 0. The van der Waals surface area contributed by atoms with Crippen LogP contribution in [0.25, 0.3) is 0 Å². The summed E-state index contributed by atoms with van der Waals surface area (Å²) in [4.78, 5) is 41.6. The van der Waals surface area contributed by atoms with Gasteiger partial charge in [-0.3, -0.25) is 14.4 Å². The number of hydrogen-bond donors (Lipinski definition) is 0. The largest absolute Gasteiger partial charge is 0.378 e. The fourth-order valence-corrected chi connectivity index (χ4v) is 3.08. The summed E-state index contributed by atoms with van der Waals surface area (Å²) < 4.78 is 5.19. The summed E-state index contributed by atoms with van der Waals surface area (Å²) in [6.07, 6.45) is 3.13. The SMILES string of the molecule is O=C(C(=O)N1CCN(C(=O)C2CCC2)CC1)N1CCOCC1. The van der Waals surface area contributed by atoms with Crippen molar-refractivity contribution in [1.29, 1.82) is 0 Å². The molecule has 0 radical (unpaired) electrons. The lowest BCUT2D eigenvalue weighted by Gasteiger charge is -2.38. The molecule has 0 aromatic heterocycles. The number of nitrogens with zero attached hydrogens (tertiary/aromatic N) is 3. The van der Waals surface area contributed by atoms with E-state index < -0.39 is 11.8 Å². The van der Waals surface area contributed by atoms with Crippen LogP contribution in [-0.2, 0) is 19.1 Å². The molecule has 3 amide bonds.